The third-order valence-electron chi connectivity index (χ3n) is 6.63. The Labute approximate surface area is 161 Å². The van der Waals surface area contributed by atoms with Crippen LogP contribution in [0.3, 0.4) is 0 Å². The number of rotatable bonds is 4. The Morgan fingerprint density at radius 2 is 1.64 bits per heavy atom. The van der Waals surface area contributed by atoms with Gasteiger partial charge in [0.2, 0.25) is 0 Å². The fourth-order valence-electron chi connectivity index (χ4n) is 5.30. The topological polar surface area (TPSA) is 66.8 Å². The number of carbonyl (C=O) groups excluding carboxylic acids is 1. The minimum atomic E-state index is -1.02. The molecule has 0 aromatic heterocycles. The molecule has 2 aliphatic heterocycles. The second-order valence-corrected chi connectivity index (χ2v) is 8.19. The Morgan fingerprint density at radius 3 is 2.18 bits per heavy atom. The fourth-order valence-corrected chi connectivity index (χ4v) is 5.30. The molecule has 0 spiro atoms. The van der Waals surface area contributed by atoms with Gasteiger partial charge in [-0.2, -0.15) is 0 Å². The molecule has 5 nitrogen and oxygen atoms in total. The number of hydrogen-bond donors (Lipinski definition) is 1. The van der Waals surface area contributed by atoms with E-state index in [1.165, 1.54) is 4.90 Å². The lowest BCUT2D eigenvalue weighted by Crippen LogP contribution is -2.54. The van der Waals surface area contributed by atoms with Gasteiger partial charge in [0, 0.05) is 12.5 Å². The molecule has 0 radical (unpaired) electrons. The zero-order valence-electron chi connectivity index (χ0n) is 15.2. The van der Waals surface area contributed by atoms with Crippen LogP contribution in [0.2, 0.25) is 0 Å². The van der Waals surface area contributed by atoms with E-state index in [-0.39, 0.29) is 31.9 Å². The number of amides is 1. The molecular formula is C22H20FNO4. The van der Waals surface area contributed by atoms with Crippen molar-refractivity contribution >= 4 is 12.1 Å². The van der Waals surface area contributed by atoms with Gasteiger partial charge < -0.3 is 9.84 Å². The summed E-state index contributed by atoms with van der Waals surface area (Å²) in [6, 6.07) is 16.1. The second kappa shape index (κ2) is 5.80. The van der Waals surface area contributed by atoms with E-state index in [4.69, 9.17) is 4.74 Å². The van der Waals surface area contributed by atoms with Crippen LogP contribution in [0.15, 0.2) is 48.5 Å². The van der Waals surface area contributed by atoms with Crippen LogP contribution < -0.4 is 0 Å². The van der Waals surface area contributed by atoms with Crippen LogP contribution in [0.4, 0.5) is 9.18 Å². The molecule has 1 amide bonds. The van der Waals surface area contributed by atoms with Gasteiger partial charge in [-0.25, -0.2) is 9.18 Å². The van der Waals surface area contributed by atoms with Gasteiger partial charge in [-0.15, -0.1) is 0 Å². The van der Waals surface area contributed by atoms with Gasteiger partial charge in [-0.05, 0) is 35.1 Å². The quantitative estimate of drug-likeness (QED) is 0.874. The molecule has 2 heterocycles. The average Bonchev–Trinajstić information content (AvgIpc) is 3.31. The van der Waals surface area contributed by atoms with Crippen molar-refractivity contribution < 1.29 is 23.8 Å². The highest BCUT2D eigenvalue weighted by atomic mass is 19.1. The molecule has 2 aromatic rings. The number of nitrogens with zero attached hydrogens (tertiary/aromatic N) is 1. The van der Waals surface area contributed by atoms with E-state index in [0.29, 0.717) is 0 Å². The SMILES string of the molecule is O=C(OCC1c2ccccc2-c2ccccc21)N1CC2(C(=O)O)CC1(CF)C2. The van der Waals surface area contributed by atoms with Crippen molar-refractivity contribution in [3.05, 3.63) is 59.7 Å². The van der Waals surface area contributed by atoms with E-state index in [1.54, 1.807) is 0 Å². The molecule has 144 valence electrons. The van der Waals surface area contributed by atoms with Crippen LogP contribution >= 0.6 is 0 Å². The number of alkyl halides is 1. The Morgan fingerprint density at radius 1 is 1.07 bits per heavy atom. The first-order valence-corrected chi connectivity index (χ1v) is 9.42. The molecule has 2 saturated heterocycles. The molecule has 1 N–H and O–H groups in total. The Hall–Kier alpha value is -2.89. The summed E-state index contributed by atoms with van der Waals surface area (Å²) in [5.41, 5.74) is 2.44. The molecule has 0 unspecified atom stereocenters. The van der Waals surface area contributed by atoms with Crippen molar-refractivity contribution in [3.63, 3.8) is 0 Å². The minimum Gasteiger partial charge on any atom is -0.481 e. The number of carboxylic acid groups (broad SMARTS) is 1. The van der Waals surface area contributed by atoms with Crippen LogP contribution in [0.5, 0.6) is 0 Å². The van der Waals surface area contributed by atoms with Gasteiger partial charge in [0.25, 0.3) is 0 Å². The highest BCUT2D eigenvalue weighted by Crippen LogP contribution is 2.60. The Bertz CT molecular complexity index is 937. The Balaban J connectivity index is 1.36. The summed E-state index contributed by atoms with van der Waals surface area (Å²) in [5, 5.41) is 9.44. The highest BCUT2D eigenvalue weighted by molar-refractivity contribution is 5.82. The Kier molecular flexibility index (Phi) is 3.57. The van der Waals surface area contributed by atoms with Crippen LogP contribution in [-0.2, 0) is 9.53 Å². The first kappa shape index (κ1) is 17.2. The van der Waals surface area contributed by atoms with Crippen LogP contribution in [-0.4, -0.2) is 47.4 Å². The van der Waals surface area contributed by atoms with Gasteiger partial charge >= 0.3 is 12.1 Å². The average molecular weight is 381 g/mol. The lowest BCUT2D eigenvalue weighted by atomic mass is 9.62. The predicted octanol–water partition coefficient (Wildman–Crippen LogP) is 3.82. The summed E-state index contributed by atoms with van der Waals surface area (Å²) in [4.78, 5) is 25.6. The molecule has 3 fully saturated rings. The molecule has 6 heteroatoms. The van der Waals surface area contributed by atoms with Gasteiger partial charge in [0.05, 0.1) is 11.0 Å². The van der Waals surface area contributed by atoms with Crippen LogP contribution in [0.25, 0.3) is 11.1 Å². The van der Waals surface area contributed by atoms with Gasteiger partial charge in [-0.3, -0.25) is 9.69 Å². The van der Waals surface area contributed by atoms with E-state index in [9.17, 15) is 19.1 Å². The molecule has 0 atom stereocenters. The molecule has 6 rings (SSSR count). The minimum absolute atomic E-state index is 0.0168. The van der Waals surface area contributed by atoms with Crippen molar-refractivity contribution in [2.45, 2.75) is 24.3 Å². The molecule has 28 heavy (non-hydrogen) atoms. The van der Waals surface area contributed by atoms with Gasteiger partial charge in [0.15, 0.2) is 0 Å². The largest absolute Gasteiger partial charge is 0.481 e. The lowest BCUT2D eigenvalue weighted by Gasteiger charge is -2.43. The van der Waals surface area contributed by atoms with Crippen LogP contribution in [0, 0.1) is 5.41 Å². The highest BCUT2D eigenvalue weighted by Gasteiger charge is 2.71. The first-order valence-electron chi connectivity index (χ1n) is 9.42. The maximum Gasteiger partial charge on any atom is 0.410 e. The zero-order valence-corrected chi connectivity index (χ0v) is 15.2. The van der Waals surface area contributed by atoms with Crippen molar-refractivity contribution in [3.8, 4) is 11.1 Å². The van der Waals surface area contributed by atoms with E-state index in [2.05, 4.69) is 12.1 Å². The third-order valence-corrected chi connectivity index (χ3v) is 6.63. The van der Waals surface area contributed by atoms with E-state index < -0.39 is 29.7 Å². The number of carboxylic acids is 1. The lowest BCUT2D eigenvalue weighted by molar-refractivity contribution is -0.153. The summed E-state index contributed by atoms with van der Waals surface area (Å²) >= 11 is 0. The van der Waals surface area contributed by atoms with Crippen molar-refractivity contribution in [1.82, 2.24) is 4.90 Å². The maximum atomic E-state index is 13.7. The molecule has 4 aliphatic rings. The van der Waals surface area contributed by atoms with Crippen molar-refractivity contribution in [2.75, 3.05) is 19.8 Å². The van der Waals surface area contributed by atoms with Crippen molar-refractivity contribution in [1.29, 1.82) is 0 Å². The summed E-state index contributed by atoms with van der Waals surface area (Å²) < 4.78 is 19.3. The van der Waals surface area contributed by atoms with E-state index in [1.807, 2.05) is 36.4 Å². The number of halogens is 1. The van der Waals surface area contributed by atoms with Crippen LogP contribution in [0.1, 0.15) is 29.9 Å². The third kappa shape index (κ3) is 2.17. The number of hydrogen-bond acceptors (Lipinski definition) is 3. The number of carbonyl (C=O) groups is 2. The number of ether oxygens (including phenoxy) is 1. The first-order chi connectivity index (χ1) is 13.5. The van der Waals surface area contributed by atoms with Gasteiger partial charge in [0.1, 0.15) is 13.3 Å². The van der Waals surface area contributed by atoms with Crippen molar-refractivity contribution in [2.24, 2.45) is 5.41 Å². The number of fused-ring (bicyclic) bond motifs is 4. The molecule has 2 aliphatic carbocycles. The summed E-state index contributed by atoms with van der Waals surface area (Å²) in [6.07, 6.45) is -0.299. The summed E-state index contributed by atoms with van der Waals surface area (Å²) in [7, 11) is 0. The zero-order chi connectivity index (χ0) is 19.5. The summed E-state index contributed by atoms with van der Waals surface area (Å²) in [6.45, 7) is -0.582. The maximum absolute atomic E-state index is 13.7. The standard InChI is InChI=1S/C22H20FNO4/c23-12-22-10-21(11-22,19(25)26)13-24(22)20(27)28-9-18-16-7-3-1-5-14(16)15-6-2-4-8-17(15)18/h1-8,18H,9-13H2,(H,25,26). The fraction of sp³-hybridized carbons (Fsp3) is 0.364. The normalized spacial score (nSPS) is 27.1. The number of benzene rings is 2. The van der Waals surface area contributed by atoms with E-state index in [0.717, 1.165) is 22.3 Å². The summed E-state index contributed by atoms with van der Waals surface area (Å²) in [5.74, 6) is -1.05. The predicted molar refractivity (Wildman–Crippen MR) is 99.8 cm³/mol. The molecule has 1 saturated carbocycles. The molecule has 2 bridgehead atoms. The van der Waals surface area contributed by atoms with Gasteiger partial charge in [-0.1, -0.05) is 48.5 Å². The smallest absolute Gasteiger partial charge is 0.410 e. The monoisotopic (exact) mass is 381 g/mol. The molecular weight excluding hydrogens is 361 g/mol. The van der Waals surface area contributed by atoms with E-state index >= 15 is 0 Å². The molecule has 2 aromatic carbocycles. The number of aliphatic carboxylic acids is 1. The second-order valence-electron chi connectivity index (χ2n) is 8.19.